The number of ketones is 1. The molecule has 2 heterocycles. The summed E-state index contributed by atoms with van der Waals surface area (Å²) >= 11 is 1.37. The number of hydrogen-bond acceptors (Lipinski definition) is 6. The van der Waals surface area contributed by atoms with Crippen molar-refractivity contribution < 1.29 is 14.3 Å². The molecule has 3 N–H and O–H groups in total. The average Bonchev–Trinajstić information content (AvgIpc) is 2.97. The lowest BCUT2D eigenvalue weighted by molar-refractivity contribution is 0.102. The SMILES string of the molecule is CC(=O)c1sc(NCC2CCOC2)c(OC(C)C)c1N. The smallest absolute Gasteiger partial charge is 0.177 e. The number of nitrogen functional groups attached to an aromatic ring is 1. The summed E-state index contributed by atoms with van der Waals surface area (Å²) in [6.45, 7) is 7.83. The molecule has 5 nitrogen and oxygen atoms in total. The molecule has 1 aromatic rings. The van der Waals surface area contributed by atoms with Gasteiger partial charge in [-0.05, 0) is 20.3 Å². The van der Waals surface area contributed by atoms with E-state index in [-0.39, 0.29) is 11.9 Å². The van der Waals surface area contributed by atoms with E-state index in [2.05, 4.69) is 5.32 Å². The molecule has 20 heavy (non-hydrogen) atoms. The Morgan fingerprint density at radius 3 is 2.90 bits per heavy atom. The van der Waals surface area contributed by atoms with Gasteiger partial charge in [0.25, 0.3) is 0 Å². The van der Waals surface area contributed by atoms with Gasteiger partial charge in [-0.1, -0.05) is 0 Å². The molecular formula is C14H22N2O3S. The maximum Gasteiger partial charge on any atom is 0.177 e. The summed E-state index contributed by atoms with van der Waals surface area (Å²) in [5, 5.41) is 4.20. The van der Waals surface area contributed by atoms with Crippen LogP contribution < -0.4 is 15.8 Å². The zero-order valence-electron chi connectivity index (χ0n) is 12.2. The van der Waals surface area contributed by atoms with Crippen LogP contribution in [0.15, 0.2) is 0 Å². The van der Waals surface area contributed by atoms with Gasteiger partial charge in [0, 0.05) is 26.0 Å². The standard InChI is InChI=1S/C14H22N2O3S/c1-8(2)19-12-11(15)13(9(3)17)20-14(12)16-6-10-4-5-18-7-10/h8,10,16H,4-7,15H2,1-3H3. The van der Waals surface area contributed by atoms with E-state index in [1.807, 2.05) is 13.8 Å². The predicted octanol–water partition coefficient (Wildman–Crippen LogP) is 2.77. The molecule has 1 unspecified atom stereocenters. The van der Waals surface area contributed by atoms with E-state index in [1.165, 1.54) is 18.3 Å². The van der Waals surface area contributed by atoms with E-state index in [1.54, 1.807) is 0 Å². The van der Waals surface area contributed by atoms with E-state index < -0.39 is 0 Å². The number of nitrogens with two attached hydrogens (primary N) is 1. The lowest BCUT2D eigenvalue weighted by Gasteiger charge is -2.14. The van der Waals surface area contributed by atoms with Crippen LogP contribution in [0.3, 0.4) is 0 Å². The van der Waals surface area contributed by atoms with Gasteiger partial charge >= 0.3 is 0 Å². The van der Waals surface area contributed by atoms with Crippen LogP contribution in [0, 0.1) is 5.92 Å². The second kappa shape index (κ2) is 6.45. The normalized spacial score (nSPS) is 18.5. The molecule has 0 amide bonds. The fourth-order valence-electron chi connectivity index (χ4n) is 2.14. The maximum absolute atomic E-state index is 11.6. The Labute approximate surface area is 123 Å². The van der Waals surface area contributed by atoms with E-state index in [4.69, 9.17) is 15.2 Å². The third kappa shape index (κ3) is 3.43. The molecule has 0 bridgehead atoms. The van der Waals surface area contributed by atoms with E-state index in [0.29, 0.717) is 22.2 Å². The zero-order valence-corrected chi connectivity index (χ0v) is 13.0. The van der Waals surface area contributed by atoms with Crippen LogP contribution in [-0.4, -0.2) is 31.6 Å². The Morgan fingerprint density at radius 1 is 1.60 bits per heavy atom. The molecule has 0 saturated carbocycles. The quantitative estimate of drug-likeness (QED) is 0.790. The number of carbonyl (C=O) groups excluding carboxylic acids is 1. The first kappa shape index (κ1) is 15.1. The first-order valence-corrected chi connectivity index (χ1v) is 7.72. The molecule has 0 aliphatic carbocycles. The summed E-state index contributed by atoms with van der Waals surface area (Å²) in [6.07, 6.45) is 1.08. The number of hydrogen-bond donors (Lipinski definition) is 2. The van der Waals surface area contributed by atoms with E-state index in [0.717, 1.165) is 31.2 Å². The van der Waals surface area contributed by atoms with Crippen LogP contribution in [0.2, 0.25) is 0 Å². The summed E-state index contributed by atoms with van der Waals surface area (Å²) in [5.41, 5.74) is 6.48. The van der Waals surface area contributed by atoms with Gasteiger partial charge in [0.2, 0.25) is 0 Å². The minimum Gasteiger partial charge on any atom is -0.486 e. The van der Waals surface area contributed by atoms with Crippen LogP contribution >= 0.6 is 11.3 Å². The van der Waals surface area contributed by atoms with Crippen LogP contribution in [-0.2, 0) is 4.74 Å². The Bertz CT molecular complexity index is 479. The van der Waals surface area contributed by atoms with Crippen molar-refractivity contribution in [3.63, 3.8) is 0 Å². The Morgan fingerprint density at radius 2 is 2.35 bits per heavy atom. The first-order valence-electron chi connectivity index (χ1n) is 6.90. The maximum atomic E-state index is 11.6. The largest absolute Gasteiger partial charge is 0.486 e. The van der Waals surface area contributed by atoms with Crippen molar-refractivity contribution in [2.45, 2.75) is 33.3 Å². The molecule has 1 aliphatic heterocycles. The Kier molecular flexibility index (Phi) is 4.88. The molecule has 0 radical (unpaired) electrons. The summed E-state index contributed by atoms with van der Waals surface area (Å²) < 4.78 is 11.1. The third-order valence-corrected chi connectivity index (χ3v) is 4.39. The van der Waals surface area contributed by atoms with Crippen molar-refractivity contribution in [3.8, 4) is 5.75 Å². The number of ether oxygens (including phenoxy) is 2. The lowest BCUT2D eigenvalue weighted by atomic mass is 10.1. The number of anilines is 2. The van der Waals surface area contributed by atoms with Gasteiger partial charge in [0.15, 0.2) is 11.5 Å². The molecule has 1 aromatic heterocycles. The predicted molar refractivity (Wildman–Crippen MR) is 81.9 cm³/mol. The molecule has 0 aromatic carbocycles. The fourth-order valence-corrected chi connectivity index (χ4v) is 3.10. The van der Waals surface area contributed by atoms with Gasteiger partial charge in [-0.3, -0.25) is 4.79 Å². The number of nitrogens with one attached hydrogen (secondary N) is 1. The molecule has 1 atom stereocenters. The van der Waals surface area contributed by atoms with Crippen molar-refractivity contribution in [1.29, 1.82) is 0 Å². The van der Waals surface area contributed by atoms with Crippen molar-refractivity contribution in [2.24, 2.45) is 5.92 Å². The highest BCUT2D eigenvalue weighted by Crippen LogP contribution is 2.43. The molecule has 6 heteroatoms. The average molecular weight is 298 g/mol. The summed E-state index contributed by atoms with van der Waals surface area (Å²) in [6, 6.07) is 0. The summed E-state index contributed by atoms with van der Waals surface area (Å²) in [7, 11) is 0. The molecule has 112 valence electrons. The van der Waals surface area contributed by atoms with Gasteiger partial charge in [-0.15, -0.1) is 11.3 Å². The molecule has 1 fully saturated rings. The van der Waals surface area contributed by atoms with Gasteiger partial charge in [0.1, 0.15) is 5.00 Å². The van der Waals surface area contributed by atoms with Crippen molar-refractivity contribution in [3.05, 3.63) is 4.88 Å². The third-order valence-electron chi connectivity index (χ3n) is 3.15. The topological polar surface area (TPSA) is 73.6 Å². The Hall–Kier alpha value is -1.27. The number of rotatable bonds is 6. The van der Waals surface area contributed by atoms with Gasteiger partial charge in [-0.25, -0.2) is 0 Å². The first-order chi connectivity index (χ1) is 9.49. The highest BCUT2D eigenvalue weighted by Gasteiger charge is 2.22. The van der Waals surface area contributed by atoms with E-state index in [9.17, 15) is 4.79 Å². The minimum atomic E-state index is -0.0293. The van der Waals surface area contributed by atoms with Crippen LogP contribution in [0.25, 0.3) is 0 Å². The summed E-state index contributed by atoms with van der Waals surface area (Å²) in [4.78, 5) is 12.2. The molecule has 1 saturated heterocycles. The monoisotopic (exact) mass is 298 g/mol. The fraction of sp³-hybridized carbons (Fsp3) is 0.643. The van der Waals surface area contributed by atoms with E-state index >= 15 is 0 Å². The minimum absolute atomic E-state index is 0.0158. The van der Waals surface area contributed by atoms with Crippen LogP contribution in [0.4, 0.5) is 10.7 Å². The highest BCUT2D eigenvalue weighted by molar-refractivity contribution is 7.19. The second-order valence-corrected chi connectivity index (χ2v) is 6.36. The van der Waals surface area contributed by atoms with Crippen molar-refractivity contribution in [1.82, 2.24) is 0 Å². The van der Waals surface area contributed by atoms with Crippen molar-refractivity contribution in [2.75, 3.05) is 30.8 Å². The van der Waals surface area contributed by atoms with Crippen LogP contribution in [0.5, 0.6) is 5.75 Å². The highest BCUT2D eigenvalue weighted by atomic mass is 32.1. The van der Waals surface area contributed by atoms with Gasteiger partial charge in [0.05, 0.1) is 23.3 Å². The van der Waals surface area contributed by atoms with Crippen LogP contribution in [0.1, 0.15) is 36.9 Å². The van der Waals surface area contributed by atoms with Crippen molar-refractivity contribution >= 4 is 27.8 Å². The lowest BCUT2D eigenvalue weighted by Crippen LogP contribution is -2.15. The second-order valence-electron chi connectivity index (χ2n) is 5.34. The molecule has 0 spiro atoms. The van der Waals surface area contributed by atoms with Gasteiger partial charge in [-0.2, -0.15) is 0 Å². The molecule has 2 rings (SSSR count). The van der Waals surface area contributed by atoms with Gasteiger partial charge < -0.3 is 20.5 Å². The Balaban J connectivity index is 2.15. The summed E-state index contributed by atoms with van der Waals surface area (Å²) in [5.74, 6) is 1.08. The number of carbonyl (C=O) groups is 1. The number of Topliss-reactive ketones (excluding diaryl/α,β-unsaturated/α-hetero) is 1. The zero-order chi connectivity index (χ0) is 14.7. The molecular weight excluding hydrogens is 276 g/mol. The number of thiophene rings is 1. The molecule has 1 aliphatic rings.